The van der Waals surface area contributed by atoms with Gasteiger partial charge in [0.1, 0.15) is 10.8 Å². The molecule has 1 atom stereocenters. The number of aromatic nitrogens is 1. The Kier molecular flexibility index (Phi) is 6.03. The van der Waals surface area contributed by atoms with Crippen LogP contribution in [0.4, 0.5) is 10.8 Å². The summed E-state index contributed by atoms with van der Waals surface area (Å²) < 4.78 is 0. The van der Waals surface area contributed by atoms with Gasteiger partial charge in [-0.2, -0.15) is 0 Å². The first kappa shape index (κ1) is 19.4. The fourth-order valence-electron chi connectivity index (χ4n) is 3.06. The molecule has 0 saturated heterocycles. The number of nitrogens with one attached hydrogen (secondary N) is 2. The van der Waals surface area contributed by atoms with E-state index in [0.29, 0.717) is 5.56 Å². The molecule has 29 heavy (non-hydrogen) atoms. The molecule has 0 aliphatic carbocycles. The van der Waals surface area contributed by atoms with Crippen LogP contribution >= 0.6 is 22.7 Å². The van der Waals surface area contributed by atoms with Crippen LogP contribution in [0.15, 0.2) is 78.3 Å². The molecule has 0 saturated carbocycles. The second kappa shape index (κ2) is 9.03. The minimum absolute atomic E-state index is 0.0903. The fraction of sp³-hybridized carbons (Fsp3) is 0.130. The lowest BCUT2D eigenvalue weighted by atomic mass is 10.1. The smallest absolute Gasteiger partial charge is 0.256 e. The molecule has 4 rings (SSSR count). The van der Waals surface area contributed by atoms with Gasteiger partial charge in [-0.05, 0) is 48.2 Å². The predicted octanol–water partition coefficient (Wildman–Crippen LogP) is 6.22. The molecule has 6 heteroatoms. The molecular formula is C23H21N3OS2. The van der Waals surface area contributed by atoms with Gasteiger partial charge in [-0.3, -0.25) is 4.79 Å². The Hall–Kier alpha value is -2.96. The Labute approximate surface area is 178 Å². The maximum Gasteiger partial charge on any atom is 0.256 e. The summed E-state index contributed by atoms with van der Waals surface area (Å²) in [5, 5.41) is 9.62. The van der Waals surface area contributed by atoms with Crippen LogP contribution < -0.4 is 10.6 Å². The van der Waals surface area contributed by atoms with E-state index in [1.165, 1.54) is 9.75 Å². The molecular weight excluding hydrogens is 398 g/mol. The largest absolute Gasteiger partial charge is 0.358 e. The molecule has 0 aliphatic rings. The van der Waals surface area contributed by atoms with E-state index in [2.05, 4.69) is 40.1 Å². The van der Waals surface area contributed by atoms with E-state index >= 15 is 0 Å². The average molecular weight is 420 g/mol. The van der Waals surface area contributed by atoms with Crippen LogP contribution in [-0.4, -0.2) is 10.9 Å². The number of aryl methyl sites for hydroxylation is 1. The Balaban J connectivity index is 1.70. The van der Waals surface area contributed by atoms with Crippen LogP contribution in [0.5, 0.6) is 0 Å². The lowest BCUT2D eigenvalue weighted by Gasteiger charge is -2.19. The third-order valence-corrected chi connectivity index (χ3v) is 6.67. The van der Waals surface area contributed by atoms with Gasteiger partial charge in [-0.1, -0.05) is 37.3 Å². The molecule has 4 aromatic rings. The Bertz CT molecular complexity index is 1060. The van der Waals surface area contributed by atoms with Gasteiger partial charge in [0.15, 0.2) is 0 Å². The van der Waals surface area contributed by atoms with E-state index < -0.39 is 0 Å². The van der Waals surface area contributed by atoms with E-state index in [1.807, 2.05) is 54.6 Å². The van der Waals surface area contributed by atoms with Gasteiger partial charge < -0.3 is 10.6 Å². The maximum absolute atomic E-state index is 12.8. The summed E-state index contributed by atoms with van der Waals surface area (Å²) >= 11 is 3.32. The van der Waals surface area contributed by atoms with Gasteiger partial charge in [-0.15, -0.1) is 22.7 Å². The minimum Gasteiger partial charge on any atom is -0.358 e. The van der Waals surface area contributed by atoms with Crippen LogP contribution in [0.3, 0.4) is 0 Å². The van der Waals surface area contributed by atoms with Crippen LogP contribution in [0.2, 0.25) is 0 Å². The van der Waals surface area contributed by atoms with Gasteiger partial charge in [0, 0.05) is 27.1 Å². The minimum atomic E-state index is -0.0980. The summed E-state index contributed by atoms with van der Waals surface area (Å²) in [6, 6.07) is 21.4. The number of hydrogen-bond acceptors (Lipinski definition) is 5. The Morgan fingerprint density at radius 2 is 1.90 bits per heavy atom. The molecule has 3 aromatic heterocycles. The topological polar surface area (TPSA) is 54.0 Å². The summed E-state index contributed by atoms with van der Waals surface area (Å²) in [5.41, 5.74) is 1.71. The van der Waals surface area contributed by atoms with Gasteiger partial charge in [0.05, 0.1) is 6.04 Å². The number of pyridine rings is 1. The average Bonchev–Trinajstić information content (AvgIpc) is 3.44. The molecule has 0 spiro atoms. The van der Waals surface area contributed by atoms with Crippen LogP contribution in [0.25, 0.3) is 0 Å². The first-order valence-electron chi connectivity index (χ1n) is 9.44. The lowest BCUT2D eigenvalue weighted by molar-refractivity contribution is 0.102. The van der Waals surface area contributed by atoms with Gasteiger partial charge in [0.25, 0.3) is 5.91 Å². The van der Waals surface area contributed by atoms with Crippen molar-refractivity contribution < 1.29 is 4.79 Å². The number of carbonyl (C=O) groups is 1. The van der Waals surface area contributed by atoms with Gasteiger partial charge in [0.2, 0.25) is 0 Å². The fourth-order valence-corrected chi connectivity index (χ4v) is 4.89. The highest BCUT2D eigenvalue weighted by molar-refractivity contribution is 7.16. The van der Waals surface area contributed by atoms with E-state index in [0.717, 1.165) is 22.8 Å². The number of carbonyl (C=O) groups excluding carboxylic acids is 1. The second-order valence-electron chi connectivity index (χ2n) is 6.48. The SMILES string of the molecule is CCc1cc([C@H](Nc2ccccn2)c2cccs2)c(NC(=O)c2ccccc2)s1. The third kappa shape index (κ3) is 4.55. The summed E-state index contributed by atoms with van der Waals surface area (Å²) in [7, 11) is 0. The molecule has 0 fully saturated rings. The number of hydrogen-bond donors (Lipinski definition) is 2. The van der Waals surface area contributed by atoms with E-state index in [4.69, 9.17) is 0 Å². The molecule has 0 aliphatic heterocycles. The number of amides is 1. The molecule has 1 amide bonds. The van der Waals surface area contributed by atoms with Crippen molar-refractivity contribution in [3.63, 3.8) is 0 Å². The van der Waals surface area contributed by atoms with Gasteiger partial charge >= 0.3 is 0 Å². The van der Waals surface area contributed by atoms with Crippen molar-refractivity contribution >= 4 is 39.4 Å². The molecule has 0 unspecified atom stereocenters. The molecule has 1 aromatic carbocycles. The van der Waals surface area contributed by atoms with Crippen molar-refractivity contribution in [1.29, 1.82) is 0 Å². The summed E-state index contributed by atoms with van der Waals surface area (Å²) in [6.07, 6.45) is 2.69. The van der Waals surface area contributed by atoms with Crippen LogP contribution in [0.1, 0.15) is 38.6 Å². The first-order valence-corrected chi connectivity index (χ1v) is 11.1. The molecule has 146 valence electrons. The van der Waals surface area contributed by atoms with E-state index in [1.54, 1.807) is 28.9 Å². The second-order valence-corrected chi connectivity index (χ2v) is 8.59. The van der Waals surface area contributed by atoms with Crippen molar-refractivity contribution in [3.05, 3.63) is 99.2 Å². The van der Waals surface area contributed by atoms with Crippen LogP contribution in [0, 0.1) is 0 Å². The highest BCUT2D eigenvalue weighted by Crippen LogP contribution is 2.39. The van der Waals surface area contributed by atoms with Crippen molar-refractivity contribution in [2.45, 2.75) is 19.4 Å². The molecule has 0 radical (unpaired) electrons. The molecule has 4 nitrogen and oxygen atoms in total. The number of thiophene rings is 2. The molecule has 2 N–H and O–H groups in total. The molecule has 3 heterocycles. The summed E-state index contributed by atoms with van der Waals surface area (Å²) in [4.78, 5) is 19.6. The Morgan fingerprint density at radius 1 is 1.07 bits per heavy atom. The third-order valence-electron chi connectivity index (χ3n) is 4.52. The first-order chi connectivity index (χ1) is 14.2. The molecule has 0 bridgehead atoms. The Morgan fingerprint density at radius 3 is 2.59 bits per heavy atom. The predicted molar refractivity (Wildman–Crippen MR) is 122 cm³/mol. The van der Waals surface area contributed by atoms with Crippen LogP contribution in [-0.2, 0) is 6.42 Å². The van der Waals surface area contributed by atoms with Gasteiger partial charge in [-0.25, -0.2) is 4.98 Å². The van der Waals surface area contributed by atoms with E-state index in [9.17, 15) is 4.79 Å². The maximum atomic E-state index is 12.8. The lowest BCUT2D eigenvalue weighted by Crippen LogP contribution is -2.16. The monoisotopic (exact) mass is 419 g/mol. The van der Waals surface area contributed by atoms with Crippen molar-refractivity contribution in [2.75, 3.05) is 10.6 Å². The number of nitrogens with zero attached hydrogens (tertiary/aromatic N) is 1. The zero-order valence-corrected chi connectivity index (χ0v) is 17.6. The van der Waals surface area contributed by atoms with Crippen molar-refractivity contribution in [3.8, 4) is 0 Å². The normalized spacial score (nSPS) is 11.8. The van der Waals surface area contributed by atoms with Crippen molar-refractivity contribution in [2.24, 2.45) is 0 Å². The number of rotatable bonds is 7. The van der Waals surface area contributed by atoms with E-state index in [-0.39, 0.29) is 11.9 Å². The summed E-state index contributed by atoms with van der Waals surface area (Å²) in [5.74, 6) is 0.703. The zero-order valence-electron chi connectivity index (χ0n) is 16.0. The van der Waals surface area contributed by atoms with Crippen molar-refractivity contribution in [1.82, 2.24) is 4.98 Å². The number of anilines is 2. The quantitative estimate of drug-likeness (QED) is 0.374. The highest BCUT2D eigenvalue weighted by Gasteiger charge is 2.23. The number of benzene rings is 1. The zero-order chi connectivity index (χ0) is 20.1. The highest BCUT2D eigenvalue weighted by atomic mass is 32.1. The standard InChI is InChI=1S/C23H21N3OS2/c1-2-17-15-18(23(29-17)26-22(27)16-9-4-3-5-10-16)21(19-11-8-14-28-19)25-20-12-6-7-13-24-20/h3-15,21H,2H2,1H3,(H,24,25)(H,26,27)/t21-/m0/s1. The summed E-state index contributed by atoms with van der Waals surface area (Å²) in [6.45, 7) is 2.13.